The second-order valence-electron chi connectivity index (χ2n) is 6.41. The maximum absolute atomic E-state index is 12.9. The monoisotopic (exact) mass is 319 g/mol. The molecular formula is C15H24F3N3O. The van der Waals surface area contributed by atoms with Gasteiger partial charge in [-0.15, -0.1) is 0 Å². The topological polar surface area (TPSA) is 64.9 Å². The molecule has 1 aliphatic heterocycles. The van der Waals surface area contributed by atoms with Crippen LogP contribution in [0.15, 0.2) is 0 Å². The number of alkyl halides is 3. The van der Waals surface area contributed by atoms with Gasteiger partial charge < -0.3 is 10.6 Å². The van der Waals surface area contributed by atoms with Gasteiger partial charge in [-0.05, 0) is 39.5 Å². The molecular weight excluding hydrogens is 295 g/mol. The van der Waals surface area contributed by atoms with Gasteiger partial charge in [0.15, 0.2) is 0 Å². The lowest BCUT2D eigenvalue weighted by molar-refractivity contribution is -0.167. The molecule has 1 heterocycles. The molecule has 2 N–H and O–H groups in total. The van der Waals surface area contributed by atoms with Crippen molar-refractivity contribution in [2.24, 2.45) is 5.41 Å². The van der Waals surface area contributed by atoms with Crippen LogP contribution < -0.4 is 10.6 Å². The summed E-state index contributed by atoms with van der Waals surface area (Å²) in [7, 11) is 0. The fourth-order valence-electron chi connectivity index (χ4n) is 2.70. The minimum Gasteiger partial charge on any atom is -0.352 e. The lowest BCUT2D eigenvalue weighted by Crippen LogP contribution is -2.59. The first-order valence-electron chi connectivity index (χ1n) is 7.63. The van der Waals surface area contributed by atoms with Crippen molar-refractivity contribution in [2.45, 2.75) is 77.2 Å². The Bertz CT molecular complexity index is 429. The Labute approximate surface area is 129 Å². The second kappa shape index (κ2) is 7.32. The maximum Gasteiger partial charge on any atom is 0.403 e. The quantitative estimate of drug-likeness (QED) is 0.819. The maximum atomic E-state index is 12.9. The van der Waals surface area contributed by atoms with E-state index in [0.29, 0.717) is 19.3 Å². The average Bonchev–Trinajstić information content (AvgIpc) is 2.45. The number of hydrogen-bond donors (Lipinski definition) is 2. The molecule has 1 amide bonds. The van der Waals surface area contributed by atoms with Crippen molar-refractivity contribution >= 4 is 5.91 Å². The fraction of sp³-hybridized carbons (Fsp3) is 0.867. The molecule has 7 heteroatoms. The van der Waals surface area contributed by atoms with Crippen LogP contribution in [0.4, 0.5) is 13.2 Å². The summed E-state index contributed by atoms with van der Waals surface area (Å²) in [6.07, 6.45) is -2.47. The summed E-state index contributed by atoms with van der Waals surface area (Å²) in [6, 6.07) is -0.353. The first-order valence-corrected chi connectivity index (χ1v) is 7.63. The number of carbonyl (C=O) groups excluding carboxylic acids is 1. The third-order valence-corrected chi connectivity index (χ3v) is 4.41. The predicted molar refractivity (Wildman–Crippen MR) is 76.9 cm³/mol. The number of nitriles is 1. The van der Waals surface area contributed by atoms with E-state index in [0.717, 1.165) is 0 Å². The van der Waals surface area contributed by atoms with E-state index in [2.05, 4.69) is 10.6 Å². The highest BCUT2D eigenvalue weighted by Crippen LogP contribution is 2.34. The zero-order chi connectivity index (χ0) is 17.0. The molecule has 1 unspecified atom stereocenters. The van der Waals surface area contributed by atoms with Crippen LogP contribution in [0.2, 0.25) is 0 Å². The number of hydrogen-bond acceptors (Lipinski definition) is 3. The van der Waals surface area contributed by atoms with Crippen molar-refractivity contribution in [3.8, 4) is 6.07 Å². The summed E-state index contributed by atoms with van der Waals surface area (Å²) in [6.45, 7) is 5.16. The predicted octanol–water partition coefficient (Wildman–Crippen LogP) is 2.89. The summed E-state index contributed by atoms with van der Waals surface area (Å²) >= 11 is 0. The third-order valence-electron chi connectivity index (χ3n) is 4.41. The minimum atomic E-state index is -4.29. The van der Waals surface area contributed by atoms with Crippen LogP contribution in [0.25, 0.3) is 0 Å². The van der Waals surface area contributed by atoms with Gasteiger partial charge in [-0.25, -0.2) is 0 Å². The van der Waals surface area contributed by atoms with Gasteiger partial charge in [0, 0.05) is 12.1 Å². The van der Waals surface area contributed by atoms with E-state index in [-0.39, 0.29) is 24.8 Å². The molecule has 4 nitrogen and oxygen atoms in total. The molecule has 3 atom stereocenters. The molecule has 22 heavy (non-hydrogen) atoms. The van der Waals surface area contributed by atoms with Gasteiger partial charge in [0.05, 0.1) is 17.9 Å². The third kappa shape index (κ3) is 4.60. The summed E-state index contributed by atoms with van der Waals surface area (Å²) in [4.78, 5) is 12.4. The number of nitrogens with zero attached hydrogens (tertiary/aromatic N) is 1. The SMILES string of the molecule is CCC(CC#N)NC(=O)C(C)(C)[C@H]1CCC[C@@H](C(F)(F)F)N1. The Balaban J connectivity index is 2.75. The van der Waals surface area contributed by atoms with Crippen LogP contribution in [0.5, 0.6) is 0 Å². The van der Waals surface area contributed by atoms with Gasteiger partial charge in [-0.1, -0.05) is 6.92 Å². The van der Waals surface area contributed by atoms with Crippen LogP contribution >= 0.6 is 0 Å². The Morgan fingerprint density at radius 1 is 1.36 bits per heavy atom. The van der Waals surface area contributed by atoms with E-state index in [9.17, 15) is 18.0 Å². The molecule has 1 rings (SSSR count). The van der Waals surface area contributed by atoms with Gasteiger partial charge >= 0.3 is 6.18 Å². The number of nitrogens with one attached hydrogen (secondary N) is 2. The van der Waals surface area contributed by atoms with Crippen molar-refractivity contribution in [2.75, 3.05) is 0 Å². The molecule has 1 saturated heterocycles. The van der Waals surface area contributed by atoms with E-state index in [1.165, 1.54) is 0 Å². The van der Waals surface area contributed by atoms with E-state index in [1.807, 2.05) is 13.0 Å². The molecule has 0 aliphatic carbocycles. The molecule has 0 spiro atoms. The molecule has 0 aromatic rings. The van der Waals surface area contributed by atoms with Crippen molar-refractivity contribution in [3.63, 3.8) is 0 Å². The first kappa shape index (κ1) is 18.8. The molecule has 126 valence electrons. The van der Waals surface area contributed by atoms with Crippen LogP contribution in [-0.2, 0) is 4.79 Å². The van der Waals surface area contributed by atoms with Crippen LogP contribution in [0.3, 0.4) is 0 Å². The number of amides is 1. The van der Waals surface area contributed by atoms with E-state index < -0.39 is 23.7 Å². The molecule has 1 aliphatic rings. The summed E-state index contributed by atoms with van der Waals surface area (Å²) in [5, 5.41) is 14.1. The van der Waals surface area contributed by atoms with Gasteiger partial charge in [-0.3, -0.25) is 4.79 Å². The van der Waals surface area contributed by atoms with Crippen molar-refractivity contribution in [1.82, 2.24) is 10.6 Å². The molecule has 0 aromatic heterocycles. The van der Waals surface area contributed by atoms with Crippen LogP contribution in [0.1, 0.15) is 52.9 Å². The summed E-state index contributed by atoms with van der Waals surface area (Å²) in [5.41, 5.74) is -0.965. The summed E-state index contributed by atoms with van der Waals surface area (Å²) in [5.74, 6) is -0.310. The Morgan fingerprint density at radius 2 is 1.95 bits per heavy atom. The number of rotatable bonds is 5. The van der Waals surface area contributed by atoms with E-state index in [1.54, 1.807) is 13.8 Å². The molecule has 0 radical (unpaired) electrons. The van der Waals surface area contributed by atoms with E-state index in [4.69, 9.17) is 5.26 Å². The molecule has 1 fully saturated rings. The van der Waals surface area contributed by atoms with Crippen molar-refractivity contribution in [3.05, 3.63) is 0 Å². The normalized spacial score (nSPS) is 24.4. The largest absolute Gasteiger partial charge is 0.403 e. The lowest BCUT2D eigenvalue weighted by Gasteiger charge is -2.41. The second-order valence-corrected chi connectivity index (χ2v) is 6.41. The summed E-state index contributed by atoms with van der Waals surface area (Å²) < 4.78 is 38.6. The Morgan fingerprint density at radius 3 is 2.45 bits per heavy atom. The van der Waals surface area contributed by atoms with Gasteiger partial charge in [-0.2, -0.15) is 18.4 Å². The number of piperidine rings is 1. The standard InChI is InChI=1S/C15H24F3N3O/c1-4-10(8-9-19)20-13(22)14(2,3)11-6-5-7-12(21-11)15(16,17)18/h10-12,21H,4-8H2,1-3H3,(H,20,22)/t10?,11-,12+/m1/s1. The first-order chi connectivity index (χ1) is 10.1. The highest BCUT2D eigenvalue weighted by Gasteiger charge is 2.47. The van der Waals surface area contributed by atoms with Gasteiger partial charge in [0.2, 0.25) is 5.91 Å². The zero-order valence-electron chi connectivity index (χ0n) is 13.3. The molecule has 0 bridgehead atoms. The van der Waals surface area contributed by atoms with Crippen molar-refractivity contribution in [1.29, 1.82) is 5.26 Å². The van der Waals surface area contributed by atoms with Crippen molar-refractivity contribution < 1.29 is 18.0 Å². The minimum absolute atomic E-state index is 0.0454. The fourth-order valence-corrected chi connectivity index (χ4v) is 2.70. The van der Waals surface area contributed by atoms with Gasteiger partial charge in [0.1, 0.15) is 6.04 Å². The van der Waals surface area contributed by atoms with Crippen LogP contribution in [0, 0.1) is 16.7 Å². The highest BCUT2D eigenvalue weighted by atomic mass is 19.4. The highest BCUT2D eigenvalue weighted by molar-refractivity contribution is 5.83. The number of halogens is 3. The Kier molecular flexibility index (Phi) is 6.24. The molecule has 0 aromatic carbocycles. The number of carbonyl (C=O) groups is 1. The lowest BCUT2D eigenvalue weighted by atomic mass is 9.77. The molecule has 0 saturated carbocycles. The average molecular weight is 319 g/mol. The van der Waals surface area contributed by atoms with Crippen LogP contribution in [-0.4, -0.2) is 30.2 Å². The Hall–Kier alpha value is -1.29. The smallest absolute Gasteiger partial charge is 0.352 e. The van der Waals surface area contributed by atoms with E-state index >= 15 is 0 Å². The zero-order valence-corrected chi connectivity index (χ0v) is 13.3. The van der Waals surface area contributed by atoms with Gasteiger partial charge in [0.25, 0.3) is 0 Å².